The minimum atomic E-state index is -2.21. The van der Waals surface area contributed by atoms with Crippen LogP contribution in [0.3, 0.4) is 0 Å². The molecule has 4 rings (SSSR count). The average molecular weight is 526 g/mol. The zero-order chi connectivity index (χ0) is 27.9. The fourth-order valence-electron chi connectivity index (χ4n) is 6.12. The van der Waals surface area contributed by atoms with Crippen molar-refractivity contribution >= 4 is 23.4 Å². The molecule has 1 aliphatic heterocycles. The largest absolute Gasteiger partial charge is 0.511 e. The van der Waals surface area contributed by atoms with Crippen molar-refractivity contribution in [1.82, 2.24) is 9.80 Å². The van der Waals surface area contributed by atoms with Crippen LogP contribution in [0, 0.1) is 11.8 Å². The van der Waals surface area contributed by atoms with E-state index in [2.05, 4.69) is 0 Å². The summed E-state index contributed by atoms with van der Waals surface area (Å²) in [6.07, 6.45) is 7.51. The molecule has 0 aromatic carbocycles. The van der Waals surface area contributed by atoms with Gasteiger partial charge in [-0.05, 0) is 56.6 Å². The highest BCUT2D eigenvalue weighted by Crippen LogP contribution is 2.49. The summed E-state index contributed by atoms with van der Waals surface area (Å²) in [6, 6.07) is 0. The van der Waals surface area contributed by atoms with Crippen molar-refractivity contribution in [2.24, 2.45) is 17.6 Å². The molecule has 5 N–H and O–H groups in total. The second-order valence-corrected chi connectivity index (χ2v) is 10.7. The number of rotatable bonds is 3. The maximum absolute atomic E-state index is 13.6. The van der Waals surface area contributed by atoms with Gasteiger partial charge in [0.05, 0.1) is 5.57 Å². The number of likely N-dealkylation sites (N-methyl/N-ethyl adjacent to an activating group) is 1. The molecule has 38 heavy (non-hydrogen) atoms. The number of ketones is 2. The number of nitrogens with two attached hydrogens (primary N) is 1. The highest BCUT2D eigenvalue weighted by molar-refractivity contribution is 6.24. The van der Waals surface area contributed by atoms with Crippen molar-refractivity contribution in [3.63, 3.8) is 0 Å². The maximum atomic E-state index is 13.6. The molecule has 10 nitrogen and oxygen atoms in total. The van der Waals surface area contributed by atoms with E-state index >= 15 is 0 Å². The van der Waals surface area contributed by atoms with Gasteiger partial charge in [0.2, 0.25) is 5.78 Å². The predicted molar refractivity (Wildman–Crippen MR) is 138 cm³/mol. The number of hydrogen-bond acceptors (Lipinski definition) is 8. The van der Waals surface area contributed by atoms with E-state index in [1.807, 2.05) is 6.08 Å². The summed E-state index contributed by atoms with van der Waals surface area (Å²) in [5.74, 6) is -5.39. The van der Waals surface area contributed by atoms with Crippen LogP contribution in [0.5, 0.6) is 0 Å². The zero-order valence-corrected chi connectivity index (χ0v) is 22.0. The van der Waals surface area contributed by atoms with Gasteiger partial charge in [-0.25, -0.2) is 0 Å². The first-order valence-corrected chi connectivity index (χ1v) is 12.9. The zero-order valence-electron chi connectivity index (χ0n) is 22.0. The quantitative estimate of drug-likeness (QED) is 0.405. The number of fused-ring (bicyclic) bond motifs is 2. The van der Waals surface area contributed by atoms with Crippen molar-refractivity contribution in [3.8, 4) is 0 Å². The standard InChI is InChI=1S/C28H35N3O7/c1-15-23-16(11-17-12-21(33)24(26(29)36)25(35)28(15,17)38)7-8-18(30(2)3)13-19(20(32)14-22(23)34)27(37)31-9-5-4-6-10-31/h8,13-14,16-17,32-33,38H,4-7,9-12H2,1-3H3,(H2,29,36)/b18-8-,19-13+,20-14-/t16?,17?,28-/m1/s1. The number of aliphatic hydroxyl groups excluding tert-OH is 2. The second kappa shape index (κ2) is 10.2. The van der Waals surface area contributed by atoms with E-state index in [0.29, 0.717) is 25.2 Å². The third kappa shape index (κ3) is 4.57. The molecule has 0 saturated carbocycles. The number of nitrogens with zero attached hydrogens (tertiary/aromatic N) is 2. The third-order valence-electron chi connectivity index (χ3n) is 8.19. The number of carbonyl (C=O) groups excluding carboxylic acids is 4. The first-order chi connectivity index (χ1) is 17.9. The summed E-state index contributed by atoms with van der Waals surface area (Å²) in [5.41, 5.74) is 3.27. The van der Waals surface area contributed by atoms with E-state index < -0.39 is 52.0 Å². The van der Waals surface area contributed by atoms with Gasteiger partial charge in [0, 0.05) is 56.9 Å². The van der Waals surface area contributed by atoms with Gasteiger partial charge in [0.25, 0.3) is 11.8 Å². The Bertz CT molecular complexity index is 1250. The molecular formula is C28H35N3O7. The number of aliphatic hydroxyl groups is 3. The lowest BCUT2D eigenvalue weighted by Gasteiger charge is -2.46. The van der Waals surface area contributed by atoms with E-state index in [0.717, 1.165) is 25.3 Å². The minimum Gasteiger partial charge on any atom is -0.511 e. The fourth-order valence-corrected chi connectivity index (χ4v) is 6.12. The predicted octanol–water partition coefficient (Wildman–Crippen LogP) is 1.74. The highest BCUT2D eigenvalue weighted by atomic mass is 16.3. The molecule has 2 unspecified atom stereocenters. The Hall–Kier alpha value is -3.66. The summed E-state index contributed by atoms with van der Waals surface area (Å²) in [7, 11) is 3.61. The molecule has 4 aliphatic rings. The van der Waals surface area contributed by atoms with Gasteiger partial charge >= 0.3 is 0 Å². The van der Waals surface area contributed by atoms with E-state index in [-0.39, 0.29) is 35.5 Å². The lowest BCUT2D eigenvalue weighted by atomic mass is 9.60. The molecule has 10 heteroatoms. The summed E-state index contributed by atoms with van der Waals surface area (Å²) in [6.45, 7) is 2.57. The molecule has 204 valence electrons. The van der Waals surface area contributed by atoms with Gasteiger partial charge in [-0.15, -0.1) is 0 Å². The van der Waals surface area contributed by atoms with Crippen molar-refractivity contribution < 1.29 is 34.5 Å². The average Bonchev–Trinajstić information content (AvgIpc) is 2.85. The van der Waals surface area contributed by atoms with Gasteiger partial charge in [0.15, 0.2) is 11.4 Å². The Morgan fingerprint density at radius 1 is 1.11 bits per heavy atom. The van der Waals surface area contributed by atoms with Gasteiger partial charge < -0.3 is 30.9 Å². The van der Waals surface area contributed by atoms with E-state index in [4.69, 9.17) is 5.73 Å². The fraction of sp³-hybridized carbons (Fsp3) is 0.500. The Morgan fingerprint density at radius 3 is 2.37 bits per heavy atom. The molecule has 1 saturated heterocycles. The van der Waals surface area contributed by atoms with E-state index in [1.165, 1.54) is 6.92 Å². The van der Waals surface area contributed by atoms with Gasteiger partial charge in [0.1, 0.15) is 17.1 Å². The van der Waals surface area contributed by atoms with Crippen molar-refractivity contribution in [2.45, 2.75) is 51.0 Å². The molecule has 2 amide bonds. The molecule has 0 bridgehead atoms. The summed E-state index contributed by atoms with van der Waals surface area (Å²) >= 11 is 0. The smallest absolute Gasteiger partial charge is 0.257 e. The first-order valence-electron chi connectivity index (χ1n) is 12.9. The van der Waals surface area contributed by atoms with Gasteiger partial charge in [-0.3, -0.25) is 19.2 Å². The van der Waals surface area contributed by atoms with Crippen LogP contribution in [0.15, 0.2) is 57.7 Å². The maximum Gasteiger partial charge on any atom is 0.257 e. The molecule has 1 heterocycles. The van der Waals surface area contributed by atoms with Crippen LogP contribution in [0.4, 0.5) is 0 Å². The second-order valence-electron chi connectivity index (χ2n) is 10.7. The van der Waals surface area contributed by atoms with Crippen LogP contribution in [-0.2, 0) is 19.2 Å². The molecule has 3 aliphatic carbocycles. The Labute approximate surface area is 221 Å². The van der Waals surface area contributed by atoms with Crippen molar-refractivity contribution in [3.05, 3.63) is 57.7 Å². The molecule has 0 spiro atoms. The summed E-state index contributed by atoms with van der Waals surface area (Å²) in [5, 5.41) is 33.1. The van der Waals surface area contributed by atoms with Crippen molar-refractivity contribution in [1.29, 1.82) is 0 Å². The number of primary amides is 1. The van der Waals surface area contributed by atoms with Crippen LogP contribution in [-0.4, -0.2) is 81.3 Å². The normalized spacial score (nSPS) is 32.7. The monoisotopic (exact) mass is 525 g/mol. The number of carbonyl (C=O) groups is 4. The number of Topliss-reactive ketones (excluding diaryl/α,β-unsaturated/α-hetero) is 1. The highest BCUT2D eigenvalue weighted by Gasteiger charge is 2.56. The topological polar surface area (TPSA) is 161 Å². The summed E-state index contributed by atoms with van der Waals surface area (Å²) in [4.78, 5) is 55.6. The van der Waals surface area contributed by atoms with Crippen LogP contribution >= 0.6 is 0 Å². The lowest BCUT2D eigenvalue weighted by Crippen LogP contribution is -2.56. The molecule has 3 atom stereocenters. The number of likely N-dealkylation sites (tertiary alicyclic amines) is 1. The van der Waals surface area contributed by atoms with Crippen LogP contribution in [0.25, 0.3) is 0 Å². The van der Waals surface area contributed by atoms with Crippen LogP contribution in [0.2, 0.25) is 0 Å². The Morgan fingerprint density at radius 2 is 1.76 bits per heavy atom. The van der Waals surface area contributed by atoms with E-state index in [1.54, 1.807) is 30.0 Å². The molecule has 1 fully saturated rings. The minimum absolute atomic E-state index is 0.0121. The van der Waals surface area contributed by atoms with Gasteiger partial charge in [-0.1, -0.05) is 6.08 Å². The molecular weight excluding hydrogens is 490 g/mol. The number of hydrogen-bond donors (Lipinski definition) is 4. The lowest BCUT2D eigenvalue weighted by molar-refractivity contribution is -0.140. The van der Waals surface area contributed by atoms with Gasteiger partial charge in [-0.2, -0.15) is 0 Å². The first kappa shape index (κ1) is 27.4. The van der Waals surface area contributed by atoms with E-state index in [9.17, 15) is 34.5 Å². The SMILES string of the molecule is CC1=C2C(=O)/C=C(O)/C(C(=O)N3CCCCC3)=C\C(N(C)C)=C\CC2CC2CC(O)=C(C(N)=O)C(=O)[C@@]12O. The molecule has 0 aromatic heterocycles. The summed E-state index contributed by atoms with van der Waals surface area (Å²) < 4.78 is 0. The number of amides is 2. The molecule has 0 aromatic rings. The third-order valence-corrected chi connectivity index (χ3v) is 8.19. The molecule has 0 radical (unpaired) electrons. The Balaban J connectivity index is 1.85. The van der Waals surface area contributed by atoms with Crippen LogP contribution < -0.4 is 5.73 Å². The van der Waals surface area contributed by atoms with Crippen molar-refractivity contribution in [2.75, 3.05) is 27.2 Å². The number of piperidine rings is 1. The Kier molecular flexibility index (Phi) is 7.38. The van der Waals surface area contributed by atoms with Crippen LogP contribution in [0.1, 0.15) is 45.4 Å². The number of allylic oxidation sites excluding steroid dienone is 5.